The van der Waals surface area contributed by atoms with Crippen molar-refractivity contribution in [1.29, 1.82) is 0 Å². The molecule has 0 radical (unpaired) electrons. The summed E-state index contributed by atoms with van der Waals surface area (Å²) in [5.74, 6) is 0.479. The van der Waals surface area contributed by atoms with Gasteiger partial charge in [-0.15, -0.1) is 0 Å². The molecule has 118 valence electrons. The lowest BCUT2D eigenvalue weighted by Gasteiger charge is -2.18. The van der Waals surface area contributed by atoms with E-state index in [9.17, 15) is 13.5 Å². The summed E-state index contributed by atoms with van der Waals surface area (Å²) in [6, 6.07) is 7.21. The van der Waals surface area contributed by atoms with Crippen molar-refractivity contribution in [2.24, 2.45) is 5.92 Å². The summed E-state index contributed by atoms with van der Waals surface area (Å²) >= 11 is 0. The summed E-state index contributed by atoms with van der Waals surface area (Å²) in [6.07, 6.45) is 1.30. The Hall–Kier alpha value is -0.910. The molecule has 0 saturated carbocycles. The van der Waals surface area contributed by atoms with E-state index >= 15 is 0 Å². The van der Waals surface area contributed by atoms with Crippen LogP contribution in [0.2, 0.25) is 0 Å². The van der Waals surface area contributed by atoms with Gasteiger partial charge in [-0.2, -0.15) is 4.31 Å². The molecule has 5 heteroatoms. The van der Waals surface area contributed by atoms with Gasteiger partial charge < -0.3 is 5.11 Å². The molecule has 1 heterocycles. The molecule has 1 N–H and O–H groups in total. The van der Waals surface area contributed by atoms with Gasteiger partial charge in [0, 0.05) is 13.1 Å². The van der Waals surface area contributed by atoms with Crippen LogP contribution in [0.5, 0.6) is 0 Å². The van der Waals surface area contributed by atoms with Crippen molar-refractivity contribution in [2.75, 3.05) is 13.1 Å². The zero-order valence-electron chi connectivity index (χ0n) is 13.0. The Morgan fingerprint density at radius 3 is 2.38 bits per heavy atom. The van der Waals surface area contributed by atoms with E-state index in [2.05, 4.69) is 13.8 Å². The second-order valence-corrected chi connectivity index (χ2v) is 7.97. The van der Waals surface area contributed by atoms with Gasteiger partial charge in [0.1, 0.15) is 0 Å². The maximum Gasteiger partial charge on any atom is 0.243 e. The molecule has 1 aromatic carbocycles. The number of rotatable bonds is 5. The molecule has 0 bridgehead atoms. The number of aliphatic hydroxyl groups is 1. The van der Waals surface area contributed by atoms with Crippen molar-refractivity contribution in [2.45, 2.75) is 50.5 Å². The quantitative estimate of drug-likeness (QED) is 0.909. The van der Waals surface area contributed by atoms with Crippen LogP contribution in [-0.2, 0) is 10.0 Å². The van der Waals surface area contributed by atoms with Crippen LogP contribution in [0.3, 0.4) is 0 Å². The predicted molar refractivity (Wildman–Crippen MR) is 83.7 cm³/mol. The van der Waals surface area contributed by atoms with Crippen LogP contribution >= 0.6 is 0 Å². The number of nitrogens with zero attached hydrogens (tertiary/aromatic N) is 1. The summed E-state index contributed by atoms with van der Waals surface area (Å²) in [4.78, 5) is 0.348. The predicted octanol–water partition coefficient (Wildman–Crippen LogP) is 2.59. The largest absolute Gasteiger partial charge is 0.393 e. The number of sulfonamides is 1. The van der Waals surface area contributed by atoms with Gasteiger partial charge in [0.15, 0.2) is 0 Å². The van der Waals surface area contributed by atoms with Gasteiger partial charge >= 0.3 is 0 Å². The molecule has 0 aromatic heterocycles. The SMILES string of the molecule is CCC(C)c1ccc(S(=O)(=O)N2CCC(C(C)O)C2)cc1. The monoisotopic (exact) mass is 311 g/mol. The Morgan fingerprint density at radius 2 is 1.90 bits per heavy atom. The van der Waals surface area contributed by atoms with Gasteiger partial charge in [-0.3, -0.25) is 0 Å². The third kappa shape index (κ3) is 3.47. The molecule has 1 saturated heterocycles. The number of hydrogen-bond donors (Lipinski definition) is 1. The van der Waals surface area contributed by atoms with Crippen LogP contribution in [0, 0.1) is 5.92 Å². The summed E-state index contributed by atoms with van der Waals surface area (Å²) in [7, 11) is -3.43. The Balaban J connectivity index is 2.17. The number of aliphatic hydroxyl groups excluding tert-OH is 1. The first kappa shape index (κ1) is 16.5. The summed E-state index contributed by atoms with van der Waals surface area (Å²) in [5, 5.41) is 9.61. The standard InChI is InChI=1S/C16H25NO3S/c1-4-12(2)14-5-7-16(8-6-14)21(19,20)17-10-9-15(11-17)13(3)18/h5-8,12-13,15,18H,4,9-11H2,1-3H3. The van der Waals surface area contributed by atoms with Gasteiger partial charge in [-0.25, -0.2) is 8.42 Å². The van der Waals surface area contributed by atoms with E-state index in [0.29, 0.717) is 23.9 Å². The highest BCUT2D eigenvalue weighted by molar-refractivity contribution is 7.89. The van der Waals surface area contributed by atoms with Crippen molar-refractivity contribution in [1.82, 2.24) is 4.31 Å². The van der Waals surface area contributed by atoms with Crippen molar-refractivity contribution < 1.29 is 13.5 Å². The lowest BCUT2D eigenvalue weighted by molar-refractivity contribution is 0.133. The van der Waals surface area contributed by atoms with E-state index in [4.69, 9.17) is 0 Å². The maximum atomic E-state index is 12.6. The van der Waals surface area contributed by atoms with E-state index in [1.807, 2.05) is 12.1 Å². The van der Waals surface area contributed by atoms with E-state index in [0.717, 1.165) is 12.8 Å². The van der Waals surface area contributed by atoms with E-state index < -0.39 is 16.1 Å². The molecule has 21 heavy (non-hydrogen) atoms. The zero-order valence-corrected chi connectivity index (χ0v) is 13.8. The fraction of sp³-hybridized carbons (Fsp3) is 0.625. The van der Waals surface area contributed by atoms with E-state index in [1.54, 1.807) is 19.1 Å². The zero-order chi connectivity index (χ0) is 15.6. The average Bonchev–Trinajstić information content (AvgIpc) is 2.97. The van der Waals surface area contributed by atoms with Gasteiger partial charge in [-0.1, -0.05) is 26.0 Å². The Morgan fingerprint density at radius 1 is 1.29 bits per heavy atom. The highest BCUT2D eigenvalue weighted by Gasteiger charge is 2.34. The number of hydrogen-bond acceptors (Lipinski definition) is 3. The first-order valence-electron chi connectivity index (χ1n) is 7.64. The van der Waals surface area contributed by atoms with Gasteiger partial charge in [-0.05, 0) is 49.3 Å². The van der Waals surface area contributed by atoms with E-state index in [-0.39, 0.29) is 5.92 Å². The number of benzene rings is 1. The van der Waals surface area contributed by atoms with Gasteiger partial charge in [0.25, 0.3) is 0 Å². The molecule has 1 aromatic rings. The Kier molecular flexibility index (Phi) is 5.07. The minimum Gasteiger partial charge on any atom is -0.393 e. The first-order valence-corrected chi connectivity index (χ1v) is 9.08. The highest BCUT2D eigenvalue weighted by atomic mass is 32.2. The molecule has 0 aliphatic carbocycles. The summed E-state index contributed by atoms with van der Waals surface area (Å²) in [5.41, 5.74) is 1.17. The second-order valence-electron chi connectivity index (χ2n) is 6.03. The first-order chi connectivity index (χ1) is 9.86. The lowest BCUT2D eigenvalue weighted by atomic mass is 9.99. The van der Waals surface area contributed by atoms with Crippen molar-refractivity contribution >= 4 is 10.0 Å². The molecule has 0 spiro atoms. The van der Waals surface area contributed by atoms with Crippen molar-refractivity contribution in [3.05, 3.63) is 29.8 Å². The fourth-order valence-corrected chi connectivity index (χ4v) is 4.23. The Labute approximate surface area is 127 Å². The van der Waals surface area contributed by atoms with Crippen LogP contribution in [0.15, 0.2) is 29.2 Å². The molecule has 1 fully saturated rings. The average molecular weight is 311 g/mol. The summed E-state index contributed by atoms with van der Waals surface area (Å²) in [6.45, 7) is 6.88. The molecule has 2 rings (SSSR count). The van der Waals surface area contributed by atoms with Gasteiger partial charge in [0.2, 0.25) is 10.0 Å². The molecular weight excluding hydrogens is 286 g/mol. The Bertz CT molecular complexity index is 566. The highest BCUT2D eigenvalue weighted by Crippen LogP contribution is 2.27. The third-order valence-electron chi connectivity index (χ3n) is 4.57. The normalized spacial score (nSPS) is 23.1. The van der Waals surface area contributed by atoms with Gasteiger partial charge in [0.05, 0.1) is 11.0 Å². The molecule has 1 aliphatic heterocycles. The minimum absolute atomic E-state index is 0.0409. The van der Waals surface area contributed by atoms with E-state index in [1.165, 1.54) is 9.87 Å². The van der Waals surface area contributed by atoms with Crippen LogP contribution in [0.1, 0.15) is 45.1 Å². The van der Waals surface area contributed by atoms with Crippen LogP contribution in [0.25, 0.3) is 0 Å². The fourth-order valence-electron chi connectivity index (χ4n) is 2.72. The minimum atomic E-state index is -3.43. The topological polar surface area (TPSA) is 57.6 Å². The summed E-state index contributed by atoms with van der Waals surface area (Å²) < 4.78 is 26.7. The molecule has 1 aliphatic rings. The second kappa shape index (κ2) is 6.46. The maximum absolute atomic E-state index is 12.6. The van der Waals surface area contributed by atoms with Crippen LogP contribution in [0.4, 0.5) is 0 Å². The molecule has 3 atom stereocenters. The van der Waals surface area contributed by atoms with Crippen LogP contribution in [-0.4, -0.2) is 37.0 Å². The molecular formula is C16H25NO3S. The molecule has 4 nitrogen and oxygen atoms in total. The van der Waals surface area contributed by atoms with Crippen molar-refractivity contribution in [3.8, 4) is 0 Å². The third-order valence-corrected chi connectivity index (χ3v) is 6.45. The lowest BCUT2D eigenvalue weighted by Crippen LogP contribution is -2.30. The van der Waals surface area contributed by atoms with Crippen molar-refractivity contribution in [3.63, 3.8) is 0 Å². The van der Waals surface area contributed by atoms with Crippen LogP contribution < -0.4 is 0 Å². The molecule has 3 unspecified atom stereocenters. The molecule has 0 amide bonds. The smallest absolute Gasteiger partial charge is 0.243 e.